The van der Waals surface area contributed by atoms with Crippen molar-refractivity contribution in [2.45, 2.75) is 58.2 Å². The first kappa shape index (κ1) is 14.1. The lowest BCUT2D eigenvalue weighted by Gasteiger charge is -2.32. The van der Waals surface area contributed by atoms with Crippen LogP contribution in [0.5, 0.6) is 0 Å². The van der Waals surface area contributed by atoms with Gasteiger partial charge in [-0.05, 0) is 44.4 Å². The number of aromatic carboxylic acids is 1. The predicted molar refractivity (Wildman–Crippen MR) is 76.3 cm³/mol. The molecule has 104 valence electrons. The lowest BCUT2D eigenvalue weighted by atomic mass is 10.1. The third-order valence-corrected chi connectivity index (χ3v) is 4.02. The molecule has 3 heteroatoms. The molecule has 0 aromatic heterocycles. The quantitative estimate of drug-likeness (QED) is 0.881. The van der Waals surface area contributed by atoms with E-state index in [1.807, 2.05) is 12.1 Å². The highest BCUT2D eigenvalue weighted by Crippen LogP contribution is 2.26. The molecule has 0 amide bonds. The van der Waals surface area contributed by atoms with Crippen LogP contribution in [0.1, 0.15) is 55.5 Å². The van der Waals surface area contributed by atoms with E-state index < -0.39 is 5.97 Å². The smallest absolute Gasteiger partial charge is 0.335 e. The molecular formula is C16H23NO2. The second-order valence-corrected chi connectivity index (χ2v) is 5.71. The van der Waals surface area contributed by atoms with Gasteiger partial charge >= 0.3 is 5.97 Å². The number of carbonyl (C=O) groups is 1. The molecule has 0 saturated heterocycles. The van der Waals surface area contributed by atoms with Gasteiger partial charge in [0.25, 0.3) is 0 Å². The van der Waals surface area contributed by atoms with Crippen molar-refractivity contribution in [2.24, 2.45) is 0 Å². The van der Waals surface area contributed by atoms with Gasteiger partial charge in [-0.2, -0.15) is 0 Å². The fraction of sp³-hybridized carbons (Fsp3) is 0.562. The molecule has 1 aromatic carbocycles. The fourth-order valence-corrected chi connectivity index (χ4v) is 2.93. The zero-order valence-electron chi connectivity index (χ0n) is 11.8. The molecule has 0 heterocycles. The van der Waals surface area contributed by atoms with E-state index in [1.54, 1.807) is 12.1 Å². The van der Waals surface area contributed by atoms with Gasteiger partial charge in [-0.1, -0.05) is 25.0 Å². The Morgan fingerprint density at radius 2 is 1.84 bits per heavy atom. The van der Waals surface area contributed by atoms with E-state index >= 15 is 0 Å². The van der Waals surface area contributed by atoms with Gasteiger partial charge in [-0.25, -0.2) is 4.79 Å². The summed E-state index contributed by atoms with van der Waals surface area (Å²) >= 11 is 0. The summed E-state index contributed by atoms with van der Waals surface area (Å²) < 4.78 is 0. The number of nitrogens with zero attached hydrogens (tertiary/aromatic N) is 1. The number of benzene rings is 1. The lowest BCUT2D eigenvalue weighted by Crippen LogP contribution is -2.38. The van der Waals surface area contributed by atoms with E-state index in [2.05, 4.69) is 18.7 Å². The van der Waals surface area contributed by atoms with Crippen LogP contribution in [0.3, 0.4) is 0 Å². The summed E-state index contributed by atoms with van der Waals surface area (Å²) in [5.74, 6) is -0.858. The molecule has 0 aliphatic heterocycles. The maximum Gasteiger partial charge on any atom is 0.335 e. The average molecular weight is 261 g/mol. The van der Waals surface area contributed by atoms with Crippen molar-refractivity contribution in [2.75, 3.05) is 0 Å². The van der Waals surface area contributed by atoms with Gasteiger partial charge < -0.3 is 5.11 Å². The summed E-state index contributed by atoms with van der Waals surface area (Å²) in [7, 11) is 0. The summed E-state index contributed by atoms with van der Waals surface area (Å²) in [5, 5.41) is 8.91. The molecular weight excluding hydrogens is 238 g/mol. The Labute approximate surface area is 115 Å². The molecule has 1 N–H and O–H groups in total. The molecule has 1 saturated carbocycles. The molecule has 3 nitrogen and oxygen atoms in total. The van der Waals surface area contributed by atoms with Crippen LogP contribution in [0.25, 0.3) is 0 Å². The third kappa shape index (κ3) is 3.57. The maximum atomic E-state index is 10.8. The SMILES string of the molecule is CC(C)N(Cc1ccc(C(=O)O)cc1)C1CCCC1. The highest BCUT2D eigenvalue weighted by Gasteiger charge is 2.24. The second kappa shape index (κ2) is 6.20. The highest BCUT2D eigenvalue weighted by molar-refractivity contribution is 5.87. The summed E-state index contributed by atoms with van der Waals surface area (Å²) in [5.41, 5.74) is 1.56. The molecule has 0 bridgehead atoms. The number of carboxylic acid groups (broad SMARTS) is 1. The van der Waals surface area contributed by atoms with Crippen LogP contribution in [-0.4, -0.2) is 28.1 Å². The summed E-state index contributed by atoms with van der Waals surface area (Å²) in [6, 6.07) is 8.50. The van der Waals surface area contributed by atoms with E-state index in [4.69, 9.17) is 5.11 Å². The fourth-order valence-electron chi connectivity index (χ4n) is 2.93. The number of hydrogen-bond donors (Lipinski definition) is 1. The van der Waals surface area contributed by atoms with Crippen LogP contribution in [0.2, 0.25) is 0 Å². The first-order chi connectivity index (χ1) is 9.08. The minimum absolute atomic E-state index is 0.362. The minimum Gasteiger partial charge on any atom is -0.478 e. The van der Waals surface area contributed by atoms with E-state index in [-0.39, 0.29) is 0 Å². The highest BCUT2D eigenvalue weighted by atomic mass is 16.4. The Morgan fingerprint density at radius 3 is 2.32 bits per heavy atom. The van der Waals surface area contributed by atoms with Crippen LogP contribution in [-0.2, 0) is 6.54 Å². The molecule has 1 fully saturated rings. The van der Waals surface area contributed by atoms with Crippen molar-refractivity contribution >= 4 is 5.97 Å². The van der Waals surface area contributed by atoms with Crippen molar-refractivity contribution in [3.05, 3.63) is 35.4 Å². The van der Waals surface area contributed by atoms with E-state index in [1.165, 1.54) is 31.2 Å². The van der Waals surface area contributed by atoms with Gasteiger partial charge in [0.05, 0.1) is 5.56 Å². The zero-order valence-corrected chi connectivity index (χ0v) is 11.8. The van der Waals surface area contributed by atoms with E-state index in [0.717, 1.165) is 6.54 Å². The van der Waals surface area contributed by atoms with Crippen LogP contribution >= 0.6 is 0 Å². The van der Waals surface area contributed by atoms with E-state index in [0.29, 0.717) is 17.6 Å². The van der Waals surface area contributed by atoms with Crippen molar-refractivity contribution in [1.82, 2.24) is 4.90 Å². The zero-order chi connectivity index (χ0) is 13.8. The van der Waals surface area contributed by atoms with Crippen LogP contribution in [0.4, 0.5) is 0 Å². The van der Waals surface area contributed by atoms with Crippen molar-refractivity contribution in [3.63, 3.8) is 0 Å². The van der Waals surface area contributed by atoms with Crippen molar-refractivity contribution in [3.8, 4) is 0 Å². The van der Waals surface area contributed by atoms with Gasteiger partial charge in [0.2, 0.25) is 0 Å². The van der Waals surface area contributed by atoms with Gasteiger partial charge in [-0.15, -0.1) is 0 Å². The summed E-state index contributed by atoms with van der Waals surface area (Å²) in [6.07, 6.45) is 5.27. The Balaban J connectivity index is 2.06. The molecule has 0 radical (unpaired) electrons. The molecule has 1 aliphatic carbocycles. The molecule has 2 rings (SSSR count). The number of hydrogen-bond acceptors (Lipinski definition) is 2. The Hall–Kier alpha value is -1.35. The molecule has 0 unspecified atom stereocenters. The van der Waals surface area contributed by atoms with Crippen molar-refractivity contribution in [1.29, 1.82) is 0 Å². The average Bonchev–Trinajstić information content (AvgIpc) is 2.89. The summed E-state index contributed by atoms with van der Waals surface area (Å²) in [4.78, 5) is 13.4. The van der Waals surface area contributed by atoms with Gasteiger partial charge in [-0.3, -0.25) is 4.90 Å². The first-order valence-electron chi connectivity index (χ1n) is 7.16. The molecule has 1 aromatic rings. The maximum absolute atomic E-state index is 10.8. The second-order valence-electron chi connectivity index (χ2n) is 5.71. The van der Waals surface area contributed by atoms with E-state index in [9.17, 15) is 4.79 Å². The minimum atomic E-state index is -0.858. The van der Waals surface area contributed by atoms with Crippen LogP contribution in [0, 0.1) is 0 Å². The molecule has 19 heavy (non-hydrogen) atoms. The Kier molecular flexibility index (Phi) is 4.59. The Morgan fingerprint density at radius 1 is 1.26 bits per heavy atom. The topological polar surface area (TPSA) is 40.5 Å². The van der Waals surface area contributed by atoms with Gasteiger partial charge in [0.15, 0.2) is 0 Å². The standard InChI is InChI=1S/C16H23NO2/c1-12(2)17(15-5-3-4-6-15)11-13-7-9-14(10-8-13)16(18)19/h7-10,12,15H,3-6,11H2,1-2H3,(H,18,19). The molecule has 0 spiro atoms. The normalized spacial score (nSPS) is 16.4. The van der Waals surface area contributed by atoms with Gasteiger partial charge in [0.1, 0.15) is 0 Å². The summed E-state index contributed by atoms with van der Waals surface area (Å²) in [6.45, 7) is 5.40. The Bertz CT molecular complexity index is 419. The third-order valence-electron chi connectivity index (χ3n) is 4.02. The predicted octanol–water partition coefficient (Wildman–Crippen LogP) is 3.54. The van der Waals surface area contributed by atoms with Gasteiger partial charge in [0, 0.05) is 18.6 Å². The monoisotopic (exact) mass is 261 g/mol. The first-order valence-corrected chi connectivity index (χ1v) is 7.16. The van der Waals surface area contributed by atoms with Crippen LogP contribution in [0.15, 0.2) is 24.3 Å². The van der Waals surface area contributed by atoms with Crippen LogP contribution < -0.4 is 0 Å². The molecule has 0 atom stereocenters. The number of carboxylic acids is 1. The lowest BCUT2D eigenvalue weighted by molar-refractivity contribution is 0.0697. The molecule has 1 aliphatic rings. The van der Waals surface area contributed by atoms with Crippen molar-refractivity contribution < 1.29 is 9.90 Å². The number of rotatable bonds is 5. The largest absolute Gasteiger partial charge is 0.478 e.